The van der Waals surface area contributed by atoms with Crippen LogP contribution < -0.4 is 4.90 Å². The number of fused-ring (bicyclic) bond motifs is 1. The van der Waals surface area contributed by atoms with Gasteiger partial charge in [0, 0.05) is 36.9 Å². The average Bonchev–Trinajstić information content (AvgIpc) is 2.93. The number of rotatable bonds is 3. The zero-order valence-corrected chi connectivity index (χ0v) is 15.5. The Kier molecular flexibility index (Phi) is 4.24. The number of nitrogens with zero attached hydrogens (tertiary/aromatic N) is 3. The van der Waals surface area contributed by atoms with Crippen molar-refractivity contribution in [1.82, 2.24) is 9.55 Å². The second-order valence-electron chi connectivity index (χ2n) is 7.16. The molecule has 3 heterocycles. The van der Waals surface area contributed by atoms with Gasteiger partial charge in [-0.2, -0.15) is 0 Å². The third-order valence-corrected chi connectivity index (χ3v) is 5.91. The van der Waals surface area contributed by atoms with E-state index in [4.69, 9.17) is 4.98 Å². The number of piperidine rings is 1. The summed E-state index contributed by atoms with van der Waals surface area (Å²) >= 11 is 0. The summed E-state index contributed by atoms with van der Waals surface area (Å²) < 4.78 is 2.43. The fourth-order valence-electron chi connectivity index (χ4n) is 4.35. The van der Waals surface area contributed by atoms with Crippen molar-refractivity contribution in [1.29, 1.82) is 0 Å². The predicted molar refractivity (Wildman–Crippen MR) is 106 cm³/mol. The van der Waals surface area contributed by atoms with Gasteiger partial charge < -0.3 is 9.47 Å². The van der Waals surface area contributed by atoms with Gasteiger partial charge in [0.2, 0.25) is 0 Å². The van der Waals surface area contributed by atoms with Crippen molar-refractivity contribution in [3.05, 3.63) is 59.4 Å². The maximum Gasteiger partial charge on any atom is 0.153 e. The fourth-order valence-corrected chi connectivity index (χ4v) is 4.35. The first-order valence-electron chi connectivity index (χ1n) is 9.45. The van der Waals surface area contributed by atoms with Crippen LogP contribution in [-0.2, 0) is 6.54 Å². The van der Waals surface area contributed by atoms with Gasteiger partial charge in [-0.15, -0.1) is 0 Å². The SMILES string of the molecule is CCn1c(C)c(C)c2ccnc(N3CCC(c4ccccc4)CC3)c21. The van der Waals surface area contributed by atoms with E-state index in [9.17, 15) is 0 Å². The van der Waals surface area contributed by atoms with Crippen molar-refractivity contribution in [2.24, 2.45) is 0 Å². The summed E-state index contributed by atoms with van der Waals surface area (Å²) in [6.07, 6.45) is 4.38. The number of benzene rings is 1. The van der Waals surface area contributed by atoms with Crippen LogP contribution in [0.3, 0.4) is 0 Å². The minimum absolute atomic E-state index is 0.679. The van der Waals surface area contributed by atoms with Gasteiger partial charge in [0.05, 0.1) is 5.52 Å². The average molecular weight is 333 g/mol. The minimum atomic E-state index is 0.679. The zero-order valence-electron chi connectivity index (χ0n) is 15.5. The van der Waals surface area contributed by atoms with Crippen LogP contribution in [0.25, 0.3) is 10.9 Å². The molecule has 1 aliphatic rings. The standard InChI is InChI=1S/C22H27N3/c1-4-25-17(3)16(2)20-10-13-23-22(21(20)25)24-14-11-19(12-15-24)18-8-6-5-7-9-18/h5-10,13,19H,4,11-12,14-15H2,1-3H3. The van der Waals surface area contributed by atoms with Crippen molar-refractivity contribution in [2.45, 2.75) is 46.1 Å². The van der Waals surface area contributed by atoms with Crippen LogP contribution in [0.1, 0.15) is 42.5 Å². The first-order valence-corrected chi connectivity index (χ1v) is 9.45. The molecule has 3 nitrogen and oxygen atoms in total. The number of hydrogen-bond donors (Lipinski definition) is 0. The van der Waals surface area contributed by atoms with E-state index in [-0.39, 0.29) is 0 Å². The first-order chi connectivity index (χ1) is 12.2. The molecule has 0 radical (unpaired) electrons. The second kappa shape index (κ2) is 6.55. The van der Waals surface area contributed by atoms with Gasteiger partial charge in [-0.3, -0.25) is 0 Å². The smallest absolute Gasteiger partial charge is 0.153 e. The molecule has 1 aromatic carbocycles. The van der Waals surface area contributed by atoms with Crippen LogP contribution in [0.4, 0.5) is 5.82 Å². The Morgan fingerprint density at radius 1 is 1.04 bits per heavy atom. The van der Waals surface area contributed by atoms with Crippen LogP contribution in [-0.4, -0.2) is 22.6 Å². The quantitative estimate of drug-likeness (QED) is 0.668. The molecule has 4 rings (SSSR count). The molecule has 0 atom stereocenters. The second-order valence-corrected chi connectivity index (χ2v) is 7.16. The molecule has 3 aromatic rings. The number of hydrogen-bond acceptors (Lipinski definition) is 2. The predicted octanol–water partition coefficient (Wildman–Crippen LogP) is 5.06. The lowest BCUT2D eigenvalue weighted by Gasteiger charge is -2.33. The van der Waals surface area contributed by atoms with Gasteiger partial charge in [0.1, 0.15) is 0 Å². The Hall–Kier alpha value is -2.29. The third kappa shape index (κ3) is 2.72. The molecule has 2 aromatic heterocycles. The minimum Gasteiger partial charge on any atom is -0.355 e. The summed E-state index contributed by atoms with van der Waals surface area (Å²) in [7, 11) is 0. The summed E-state index contributed by atoms with van der Waals surface area (Å²) in [6.45, 7) is 9.84. The summed E-state index contributed by atoms with van der Waals surface area (Å²) in [5.41, 5.74) is 5.56. The summed E-state index contributed by atoms with van der Waals surface area (Å²) in [5, 5.41) is 1.36. The molecule has 1 aliphatic heterocycles. The van der Waals surface area contributed by atoms with Crippen molar-refractivity contribution < 1.29 is 0 Å². The molecule has 3 heteroatoms. The van der Waals surface area contributed by atoms with E-state index in [0.717, 1.165) is 19.6 Å². The molecule has 0 spiro atoms. The van der Waals surface area contributed by atoms with Gasteiger partial charge >= 0.3 is 0 Å². The third-order valence-electron chi connectivity index (χ3n) is 5.91. The maximum absolute atomic E-state index is 4.80. The van der Waals surface area contributed by atoms with Crippen molar-refractivity contribution in [2.75, 3.05) is 18.0 Å². The molecule has 0 aliphatic carbocycles. The van der Waals surface area contributed by atoms with Crippen molar-refractivity contribution >= 4 is 16.7 Å². The topological polar surface area (TPSA) is 21.1 Å². The fraction of sp³-hybridized carbons (Fsp3) is 0.409. The van der Waals surface area contributed by atoms with E-state index in [1.807, 2.05) is 6.20 Å². The van der Waals surface area contributed by atoms with Crippen LogP contribution in [0.2, 0.25) is 0 Å². The molecule has 0 unspecified atom stereocenters. The van der Waals surface area contributed by atoms with Gasteiger partial charge in [-0.05, 0) is 56.7 Å². The Labute approximate surface area is 150 Å². The lowest BCUT2D eigenvalue weighted by atomic mass is 9.89. The Morgan fingerprint density at radius 3 is 2.44 bits per heavy atom. The Morgan fingerprint density at radius 2 is 1.76 bits per heavy atom. The van der Waals surface area contributed by atoms with Crippen molar-refractivity contribution in [3.8, 4) is 0 Å². The Balaban J connectivity index is 1.64. The van der Waals surface area contributed by atoms with E-state index in [1.165, 1.54) is 46.4 Å². The first kappa shape index (κ1) is 16.2. The monoisotopic (exact) mass is 333 g/mol. The number of pyridine rings is 1. The largest absolute Gasteiger partial charge is 0.355 e. The van der Waals surface area contributed by atoms with Crippen LogP contribution >= 0.6 is 0 Å². The highest BCUT2D eigenvalue weighted by Gasteiger charge is 2.24. The molecule has 0 N–H and O–H groups in total. The molecule has 1 fully saturated rings. The van der Waals surface area contributed by atoms with E-state index in [0.29, 0.717) is 5.92 Å². The molecule has 0 saturated carbocycles. The molecule has 1 saturated heterocycles. The van der Waals surface area contributed by atoms with Crippen LogP contribution in [0.15, 0.2) is 42.6 Å². The summed E-state index contributed by atoms with van der Waals surface area (Å²) in [5.74, 6) is 1.85. The van der Waals surface area contributed by atoms with Gasteiger partial charge in [-0.1, -0.05) is 30.3 Å². The van der Waals surface area contributed by atoms with Crippen molar-refractivity contribution in [3.63, 3.8) is 0 Å². The number of aryl methyl sites for hydroxylation is 2. The molecule has 130 valence electrons. The van der Waals surface area contributed by atoms with E-state index < -0.39 is 0 Å². The summed E-state index contributed by atoms with van der Waals surface area (Å²) in [6, 6.07) is 13.1. The number of anilines is 1. The molecule has 0 amide bonds. The van der Waals surface area contributed by atoms with Gasteiger partial charge in [0.25, 0.3) is 0 Å². The lowest BCUT2D eigenvalue weighted by Crippen LogP contribution is -2.33. The van der Waals surface area contributed by atoms with E-state index >= 15 is 0 Å². The zero-order chi connectivity index (χ0) is 17.4. The molecular formula is C22H27N3. The maximum atomic E-state index is 4.80. The molecule has 25 heavy (non-hydrogen) atoms. The summed E-state index contributed by atoms with van der Waals surface area (Å²) in [4.78, 5) is 7.29. The normalized spacial score (nSPS) is 15.9. The van der Waals surface area contributed by atoms with Gasteiger partial charge in [-0.25, -0.2) is 4.98 Å². The van der Waals surface area contributed by atoms with Crippen LogP contribution in [0.5, 0.6) is 0 Å². The number of aromatic nitrogens is 2. The van der Waals surface area contributed by atoms with E-state index in [2.05, 4.69) is 66.6 Å². The molecule has 0 bridgehead atoms. The Bertz CT molecular complexity index is 871. The molecular weight excluding hydrogens is 306 g/mol. The highest BCUT2D eigenvalue weighted by atomic mass is 15.2. The van der Waals surface area contributed by atoms with E-state index in [1.54, 1.807) is 0 Å². The van der Waals surface area contributed by atoms with Crippen LogP contribution in [0, 0.1) is 13.8 Å². The van der Waals surface area contributed by atoms with Gasteiger partial charge in [0.15, 0.2) is 5.82 Å². The lowest BCUT2D eigenvalue weighted by molar-refractivity contribution is 0.503. The highest BCUT2D eigenvalue weighted by molar-refractivity contribution is 5.93. The highest BCUT2D eigenvalue weighted by Crippen LogP contribution is 2.35.